The van der Waals surface area contributed by atoms with Gasteiger partial charge in [-0.15, -0.1) is 0 Å². The minimum absolute atomic E-state index is 0.0185. The number of amides is 2. The van der Waals surface area contributed by atoms with E-state index in [4.69, 9.17) is 4.74 Å². The Morgan fingerprint density at radius 1 is 0.837 bits per heavy atom. The van der Waals surface area contributed by atoms with E-state index in [1.807, 2.05) is 68.4 Å². The van der Waals surface area contributed by atoms with Gasteiger partial charge < -0.3 is 15.0 Å². The molecule has 4 rings (SSSR count). The molecular weight excluding hydrogens is 562 g/mol. The number of carbonyl (C=O) groups excluding carboxylic acids is 2. The van der Waals surface area contributed by atoms with E-state index in [1.165, 1.54) is 24.1 Å². The molecule has 0 fully saturated rings. The number of para-hydroxylation sites is 1. The number of rotatable bonds is 13. The van der Waals surface area contributed by atoms with Crippen LogP contribution in [-0.4, -0.2) is 51.4 Å². The van der Waals surface area contributed by atoms with Crippen molar-refractivity contribution in [3.05, 3.63) is 126 Å². The summed E-state index contributed by atoms with van der Waals surface area (Å²) in [7, 11) is -2.64. The van der Waals surface area contributed by atoms with Gasteiger partial charge in [0.05, 0.1) is 17.2 Å². The van der Waals surface area contributed by atoms with Crippen LogP contribution in [-0.2, 0) is 32.6 Å². The van der Waals surface area contributed by atoms with Crippen LogP contribution < -0.4 is 14.4 Å². The maximum atomic E-state index is 14.3. The lowest BCUT2D eigenvalue weighted by atomic mass is 10.0. The standard InChI is InChI=1S/C34H37N3O5S/c1-4-42-30-18-20-31(21-19-30)43(40,41)37(29-16-9-6-10-17-29)25-33(38)36(24-28-15-11-12-26(2)22-28)32(34(39)35-3)23-27-13-7-5-8-14-27/h5-22,32H,4,23-25H2,1-3H3,(H,35,39)/t32-/m0/s1. The summed E-state index contributed by atoms with van der Waals surface area (Å²) in [5.41, 5.74) is 3.05. The maximum absolute atomic E-state index is 14.3. The van der Waals surface area contributed by atoms with E-state index < -0.39 is 28.5 Å². The van der Waals surface area contributed by atoms with Gasteiger partial charge in [0.1, 0.15) is 18.3 Å². The normalized spacial score (nSPS) is 11.8. The number of nitrogens with zero attached hydrogens (tertiary/aromatic N) is 2. The van der Waals surface area contributed by atoms with Gasteiger partial charge in [-0.3, -0.25) is 13.9 Å². The highest BCUT2D eigenvalue weighted by Gasteiger charge is 2.34. The average Bonchev–Trinajstić information content (AvgIpc) is 3.02. The maximum Gasteiger partial charge on any atom is 0.264 e. The second-order valence-electron chi connectivity index (χ2n) is 10.1. The van der Waals surface area contributed by atoms with Crippen LogP contribution in [0.15, 0.2) is 114 Å². The first-order chi connectivity index (χ1) is 20.7. The number of nitrogens with one attached hydrogen (secondary N) is 1. The molecule has 0 aliphatic carbocycles. The summed E-state index contributed by atoms with van der Waals surface area (Å²) in [5, 5.41) is 2.70. The predicted molar refractivity (Wildman–Crippen MR) is 168 cm³/mol. The van der Waals surface area contributed by atoms with Crippen molar-refractivity contribution in [1.29, 1.82) is 0 Å². The summed E-state index contributed by atoms with van der Waals surface area (Å²) in [6, 6.07) is 30.9. The average molecular weight is 600 g/mol. The summed E-state index contributed by atoms with van der Waals surface area (Å²) >= 11 is 0. The quantitative estimate of drug-likeness (QED) is 0.234. The van der Waals surface area contributed by atoms with E-state index in [2.05, 4.69) is 5.32 Å². The molecule has 0 aromatic heterocycles. The Bertz CT molecular complexity index is 1610. The highest BCUT2D eigenvalue weighted by Crippen LogP contribution is 2.26. The predicted octanol–water partition coefficient (Wildman–Crippen LogP) is 4.98. The molecule has 1 N–H and O–H groups in total. The Hall–Kier alpha value is -4.63. The smallest absolute Gasteiger partial charge is 0.264 e. The molecule has 4 aromatic carbocycles. The van der Waals surface area contributed by atoms with Crippen LogP contribution in [0.5, 0.6) is 5.75 Å². The molecule has 0 unspecified atom stereocenters. The van der Waals surface area contributed by atoms with E-state index in [0.717, 1.165) is 21.0 Å². The highest BCUT2D eigenvalue weighted by atomic mass is 32.2. The van der Waals surface area contributed by atoms with Crippen molar-refractivity contribution < 1.29 is 22.7 Å². The van der Waals surface area contributed by atoms with Gasteiger partial charge in [0.2, 0.25) is 11.8 Å². The van der Waals surface area contributed by atoms with E-state index in [1.54, 1.807) is 42.5 Å². The van der Waals surface area contributed by atoms with Crippen LogP contribution in [0.3, 0.4) is 0 Å². The minimum atomic E-state index is -4.17. The molecule has 1 atom stereocenters. The van der Waals surface area contributed by atoms with Crippen molar-refractivity contribution in [2.45, 2.75) is 37.8 Å². The van der Waals surface area contributed by atoms with Crippen molar-refractivity contribution in [2.24, 2.45) is 0 Å². The second kappa shape index (κ2) is 14.5. The molecule has 0 heterocycles. The third-order valence-corrected chi connectivity index (χ3v) is 8.79. The number of ether oxygens (including phenoxy) is 1. The molecule has 0 spiro atoms. The fraction of sp³-hybridized carbons (Fsp3) is 0.235. The van der Waals surface area contributed by atoms with Crippen molar-refractivity contribution in [2.75, 3.05) is 24.5 Å². The lowest BCUT2D eigenvalue weighted by Gasteiger charge is -2.33. The Labute approximate surface area is 254 Å². The zero-order chi connectivity index (χ0) is 30.8. The first-order valence-electron chi connectivity index (χ1n) is 14.1. The summed E-state index contributed by atoms with van der Waals surface area (Å²) in [6.07, 6.45) is 0.259. The molecule has 2 amide bonds. The number of hydrogen-bond donors (Lipinski definition) is 1. The van der Waals surface area contributed by atoms with Crippen LogP contribution in [0.2, 0.25) is 0 Å². The molecule has 4 aromatic rings. The Kier molecular flexibility index (Phi) is 10.6. The number of aryl methyl sites for hydroxylation is 1. The number of likely N-dealkylation sites (N-methyl/N-ethyl adjacent to an activating group) is 1. The Morgan fingerprint density at radius 3 is 2.07 bits per heavy atom. The Morgan fingerprint density at radius 2 is 1.47 bits per heavy atom. The van der Waals surface area contributed by atoms with Gasteiger partial charge in [-0.2, -0.15) is 0 Å². The molecule has 0 saturated heterocycles. The fourth-order valence-electron chi connectivity index (χ4n) is 4.85. The molecule has 0 aliphatic heterocycles. The Balaban J connectivity index is 1.75. The molecular formula is C34H37N3O5S. The van der Waals surface area contributed by atoms with Crippen LogP contribution in [0.25, 0.3) is 0 Å². The van der Waals surface area contributed by atoms with Gasteiger partial charge in [0, 0.05) is 20.0 Å². The van der Waals surface area contributed by atoms with Gasteiger partial charge in [-0.05, 0) is 61.4 Å². The number of benzene rings is 4. The largest absolute Gasteiger partial charge is 0.494 e. The monoisotopic (exact) mass is 599 g/mol. The molecule has 43 heavy (non-hydrogen) atoms. The van der Waals surface area contributed by atoms with E-state index >= 15 is 0 Å². The molecule has 8 nitrogen and oxygen atoms in total. The number of hydrogen-bond acceptors (Lipinski definition) is 5. The van der Waals surface area contributed by atoms with Gasteiger partial charge in [-0.25, -0.2) is 8.42 Å². The van der Waals surface area contributed by atoms with Crippen LogP contribution in [0.4, 0.5) is 5.69 Å². The third-order valence-electron chi connectivity index (χ3n) is 7.00. The highest BCUT2D eigenvalue weighted by molar-refractivity contribution is 7.92. The van der Waals surface area contributed by atoms with Gasteiger partial charge in [-0.1, -0.05) is 78.4 Å². The molecule has 0 bridgehead atoms. The second-order valence-corrected chi connectivity index (χ2v) is 11.9. The lowest BCUT2D eigenvalue weighted by molar-refractivity contribution is -0.139. The number of anilines is 1. The lowest BCUT2D eigenvalue weighted by Crippen LogP contribution is -2.53. The van der Waals surface area contributed by atoms with E-state index in [-0.39, 0.29) is 23.8 Å². The molecule has 0 saturated carbocycles. The zero-order valence-electron chi connectivity index (χ0n) is 24.6. The van der Waals surface area contributed by atoms with E-state index in [9.17, 15) is 18.0 Å². The minimum Gasteiger partial charge on any atom is -0.494 e. The van der Waals surface area contributed by atoms with E-state index in [0.29, 0.717) is 18.0 Å². The van der Waals surface area contributed by atoms with Crippen LogP contribution in [0, 0.1) is 6.92 Å². The first-order valence-corrected chi connectivity index (χ1v) is 15.6. The molecule has 0 aliphatic rings. The van der Waals surface area contributed by atoms with Gasteiger partial charge >= 0.3 is 0 Å². The molecule has 224 valence electrons. The summed E-state index contributed by atoms with van der Waals surface area (Å²) in [6.45, 7) is 3.87. The van der Waals surface area contributed by atoms with Gasteiger partial charge in [0.25, 0.3) is 10.0 Å². The SMILES string of the molecule is CCOc1ccc(S(=O)(=O)N(CC(=O)N(Cc2cccc(C)c2)[C@@H](Cc2ccccc2)C(=O)NC)c2ccccc2)cc1. The zero-order valence-corrected chi connectivity index (χ0v) is 25.5. The molecule has 0 radical (unpaired) electrons. The third kappa shape index (κ3) is 8.02. The van der Waals surface area contributed by atoms with Crippen LogP contribution in [0.1, 0.15) is 23.6 Å². The number of carbonyl (C=O) groups is 2. The topological polar surface area (TPSA) is 96.0 Å². The summed E-state index contributed by atoms with van der Waals surface area (Å²) in [4.78, 5) is 29.1. The molecule has 9 heteroatoms. The van der Waals surface area contributed by atoms with Gasteiger partial charge in [0.15, 0.2) is 0 Å². The van der Waals surface area contributed by atoms with Crippen molar-refractivity contribution in [3.8, 4) is 5.75 Å². The fourth-order valence-corrected chi connectivity index (χ4v) is 6.27. The van der Waals surface area contributed by atoms with Crippen LogP contribution >= 0.6 is 0 Å². The van der Waals surface area contributed by atoms with Crippen molar-refractivity contribution >= 4 is 27.5 Å². The number of sulfonamides is 1. The van der Waals surface area contributed by atoms with Crippen molar-refractivity contribution in [1.82, 2.24) is 10.2 Å². The summed E-state index contributed by atoms with van der Waals surface area (Å²) in [5.74, 6) is -0.308. The first kappa shape index (κ1) is 31.3. The summed E-state index contributed by atoms with van der Waals surface area (Å²) < 4.78 is 34.7. The van der Waals surface area contributed by atoms with Crippen molar-refractivity contribution in [3.63, 3.8) is 0 Å².